The van der Waals surface area contributed by atoms with Gasteiger partial charge in [-0.1, -0.05) is 184 Å². The van der Waals surface area contributed by atoms with Gasteiger partial charge in [0.05, 0.1) is 11.4 Å². The van der Waals surface area contributed by atoms with E-state index in [4.69, 9.17) is 0 Å². The fourth-order valence-electron chi connectivity index (χ4n) is 9.83. The van der Waals surface area contributed by atoms with Crippen LogP contribution in [0.25, 0.3) is 11.1 Å². The zero-order chi connectivity index (χ0) is 44.5. The van der Waals surface area contributed by atoms with Gasteiger partial charge < -0.3 is 14.7 Å². The molecule has 0 atom stereocenters. The van der Waals surface area contributed by atoms with Crippen molar-refractivity contribution >= 4 is 74.3 Å². The third-order valence-electron chi connectivity index (χ3n) is 13.3. The standard InChI is InChI=1S/C60H58BN3/c1-58(2,3)42-29-33-47(34-30-42)63-53-35-31-43(59(4,5)6)37-50(53)61-51-38-44(60(7,8)9)32-36-54(51)64(52-28-20-19-27-49(52)41-21-13-10-14-22-41)56-40-48(39-55(63)57(56)61)62(45-23-15-11-16-24-45)46-25-17-12-18-26-46/h10-40H,1-9H3. The van der Waals surface area contributed by atoms with Gasteiger partial charge >= 0.3 is 0 Å². The fraction of sp³-hybridized carbons (Fsp3) is 0.200. The number of para-hydroxylation sites is 3. The van der Waals surface area contributed by atoms with Crippen LogP contribution in [0, 0.1) is 0 Å². The molecule has 64 heavy (non-hydrogen) atoms. The van der Waals surface area contributed by atoms with Gasteiger partial charge in [-0.25, -0.2) is 0 Å². The van der Waals surface area contributed by atoms with Gasteiger partial charge in [0.2, 0.25) is 0 Å². The highest BCUT2D eigenvalue weighted by atomic mass is 15.2. The molecule has 10 rings (SSSR count). The Hall–Kier alpha value is -6.78. The molecule has 0 fully saturated rings. The molecule has 0 spiro atoms. The first-order valence-corrected chi connectivity index (χ1v) is 22.9. The summed E-state index contributed by atoms with van der Waals surface area (Å²) < 4.78 is 0. The van der Waals surface area contributed by atoms with Crippen LogP contribution < -0.4 is 31.1 Å². The van der Waals surface area contributed by atoms with Crippen molar-refractivity contribution in [2.24, 2.45) is 0 Å². The minimum absolute atomic E-state index is 0.0249. The normalized spacial score (nSPS) is 13.3. The van der Waals surface area contributed by atoms with Crippen LogP contribution in [-0.2, 0) is 16.2 Å². The Labute approximate surface area is 381 Å². The molecule has 0 bridgehead atoms. The molecular weight excluding hydrogens is 773 g/mol. The summed E-state index contributed by atoms with van der Waals surface area (Å²) in [5.74, 6) is 0. The van der Waals surface area contributed by atoms with Crippen molar-refractivity contribution in [3.05, 3.63) is 205 Å². The number of anilines is 9. The average molecular weight is 832 g/mol. The first-order chi connectivity index (χ1) is 30.7. The van der Waals surface area contributed by atoms with Crippen molar-refractivity contribution in [1.82, 2.24) is 0 Å². The molecule has 0 N–H and O–H groups in total. The van der Waals surface area contributed by atoms with Gasteiger partial charge in [-0.3, -0.25) is 0 Å². The zero-order valence-electron chi connectivity index (χ0n) is 38.8. The number of hydrogen-bond donors (Lipinski definition) is 0. The Bertz CT molecular complexity index is 2950. The molecule has 2 aliphatic heterocycles. The van der Waals surface area contributed by atoms with Crippen LogP contribution in [0.15, 0.2) is 188 Å². The summed E-state index contributed by atoms with van der Waals surface area (Å²) in [6, 6.07) is 70.3. The highest BCUT2D eigenvalue weighted by Gasteiger charge is 2.45. The maximum Gasteiger partial charge on any atom is 0.252 e. The maximum atomic E-state index is 2.58. The molecule has 0 amide bonds. The summed E-state index contributed by atoms with van der Waals surface area (Å²) in [7, 11) is 0. The van der Waals surface area contributed by atoms with E-state index in [-0.39, 0.29) is 23.0 Å². The lowest BCUT2D eigenvalue weighted by Gasteiger charge is -2.46. The number of hydrogen-bond acceptors (Lipinski definition) is 3. The van der Waals surface area contributed by atoms with Gasteiger partial charge in [0, 0.05) is 45.4 Å². The Morgan fingerprint density at radius 3 is 1.31 bits per heavy atom. The quantitative estimate of drug-likeness (QED) is 0.155. The number of nitrogens with zero attached hydrogens (tertiary/aromatic N) is 3. The van der Waals surface area contributed by atoms with Crippen molar-refractivity contribution in [3.63, 3.8) is 0 Å². The predicted octanol–water partition coefficient (Wildman–Crippen LogP) is 14.8. The van der Waals surface area contributed by atoms with E-state index in [1.165, 1.54) is 67.0 Å². The van der Waals surface area contributed by atoms with Crippen molar-refractivity contribution in [1.29, 1.82) is 0 Å². The monoisotopic (exact) mass is 831 g/mol. The van der Waals surface area contributed by atoms with Crippen LogP contribution in [0.4, 0.5) is 51.2 Å². The molecule has 0 unspecified atom stereocenters. The van der Waals surface area contributed by atoms with Crippen LogP contribution in [-0.4, -0.2) is 6.71 Å². The van der Waals surface area contributed by atoms with E-state index in [1.54, 1.807) is 0 Å². The van der Waals surface area contributed by atoms with Gasteiger partial charge in [0.15, 0.2) is 0 Å². The number of benzene rings is 8. The third-order valence-corrected chi connectivity index (χ3v) is 13.3. The predicted molar refractivity (Wildman–Crippen MR) is 277 cm³/mol. The molecule has 2 heterocycles. The molecule has 8 aromatic rings. The minimum Gasteiger partial charge on any atom is -0.311 e. The summed E-state index contributed by atoms with van der Waals surface area (Å²) >= 11 is 0. The van der Waals surface area contributed by atoms with Crippen molar-refractivity contribution in [2.45, 2.75) is 78.6 Å². The lowest BCUT2D eigenvalue weighted by Crippen LogP contribution is -2.61. The second-order valence-corrected chi connectivity index (χ2v) is 20.7. The van der Waals surface area contributed by atoms with Gasteiger partial charge in [0.25, 0.3) is 6.71 Å². The largest absolute Gasteiger partial charge is 0.311 e. The molecule has 0 aliphatic carbocycles. The van der Waals surface area contributed by atoms with Crippen LogP contribution in [0.1, 0.15) is 79.0 Å². The Morgan fingerprint density at radius 2 is 0.797 bits per heavy atom. The first-order valence-electron chi connectivity index (χ1n) is 22.9. The van der Waals surface area contributed by atoms with Crippen LogP contribution in [0.2, 0.25) is 0 Å². The summed E-state index contributed by atoms with van der Waals surface area (Å²) in [6.07, 6.45) is 0. The molecule has 0 radical (unpaired) electrons. The smallest absolute Gasteiger partial charge is 0.252 e. The molecule has 316 valence electrons. The molecular formula is C60H58BN3. The summed E-state index contributed by atoms with van der Waals surface area (Å²) in [6.45, 7) is 20.9. The minimum atomic E-state index is -0.0494. The van der Waals surface area contributed by atoms with E-state index in [0.717, 1.165) is 28.4 Å². The molecule has 3 nitrogen and oxygen atoms in total. The first kappa shape index (κ1) is 41.2. The van der Waals surface area contributed by atoms with E-state index in [0.29, 0.717) is 0 Å². The van der Waals surface area contributed by atoms with Crippen LogP contribution in [0.3, 0.4) is 0 Å². The van der Waals surface area contributed by atoms with Crippen molar-refractivity contribution in [3.8, 4) is 11.1 Å². The van der Waals surface area contributed by atoms with Crippen molar-refractivity contribution in [2.75, 3.05) is 14.7 Å². The number of rotatable bonds is 6. The second kappa shape index (κ2) is 15.5. The third kappa shape index (κ3) is 7.20. The molecule has 4 heteroatoms. The molecule has 0 saturated heterocycles. The van der Waals surface area contributed by atoms with E-state index in [2.05, 4.69) is 265 Å². The van der Waals surface area contributed by atoms with E-state index >= 15 is 0 Å². The SMILES string of the molecule is CC(C)(C)c1ccc(N2c3ccc(C(C)(C)C)cc3B3c4cc(C(C)(C)C)ccc4N(c4ccccc4-c4ccccc4)c4cc(N(c5ccccc5)c5ccccc5)cc2c43)cc1. The lowest BCUT2D eigenvalue weighted by molar-refractivity contribution is 0.590. The highest BCUT2D eigenvalue weighted by molar-refractivity contribution is 7.00. The maximum absolute atomic E-state index is 2.58. The van der Waals surface area contributed by atoms with Gasteiger partial charge in [-0.2, -0.15) is 0 Å². The molecule has 0 saturated carbocycles. The Kier molecular flexibility index (Phi) is 9.98. The average Bonchev–Trinajstić information content (AvgIpc) is 3.29. The molecule has 8 aromatic carbocycles. The highest BCUT2D eigenvalue weighted by Crippen LogP contribution is 2.50. The van der Waals surface area contributed by atoms with Gasteiger partial charge in [-0.05, 0) is 122 Å². The van der Waals surface area contributed by atoms with Gasteiger partial charge in [0.1, 0.15) is 0 Å². The van der Waals surface area contributed by atoms with E-state index in [1.807, 2.05) is 0 Å². The molecule has 2 aliphatic rings. The lowest BCUT2D eigenvalue weighted by atomic mass is 9.33. The zero-order valence-corrected chi connectivity index (χ0v) is 38.8. The van der Waals surface area contributed by atoms with Crippen LogP contribution in [0.5, 0.6) is 0 Å². The fourth-order valence-corrected chi connectivity index (χ4v) is 9.83. The topological polar surface area (TPSA) is 9.72 Å². The van der Waals surface area contributed by atoms with E-state index < -0.39 is 0 Å². The van der Waals surface area contributed by atoms with Crippen molar-refractivity contribution < 1.29 is 0 Å². The van der Waals surface area contributed by atoms with Crippen LogP contribution >= 0.6 is 0 Å². The second-order valence-electron chi connectivity index (χ2n) is 20.7. The van der Waals surface area contributed by atoms with Gasteiger partial charge in [-0.15, -0.1) is 0 Å². The summed E-state index contributed by atoms with van der Waals surface area (Å²) in [5, 5.41) is 0. The molecule has 0 aromatic heterocycles. The Morgan fingerprint density at radius 1 is 0.359 bits per heavy atom. The Balaban J connectivity index is 1.36. The summed E-state index contributed by atoms with van der Waals surface area (Å²) in [5.41, 5.74) is 20.6. The summed E-state index contributed by atoms with van der Waals surface area (Å²) in [4.78, 5) is 7.56. The van der Waals surface area contributed by atoms with E-state index in [9.17, 15) is 0 Å². The number of fused-ring (bicyclic) bond motifs is 4.